The van der Waals surface area contributed by atoms with Gasteiger partial charge in [-0.15, -0.1) is 11.3 Å². The van der Waals surface area contributed by atoms with Crippen LogP contribution >= 0.6 is 23.6 Å². The Morgan fingerprint density at radius 1 is 1.53 bits per heavy atom. The van der Waals surface area contributed by atoms with Gasteiger partial charge in [0.1, 0.15) is 4.83 Å². The van der Waals surface area contributed by atoms with Gasteiger partial charge in [-0.3, -0.25) is 9.36 Å². The Hall–Kier alpha value is -0.940. The van der Waals surface area contributed by atoms with Gasteiger partial charge in [-0.2, -0.15) is 0 Å². The molecule has 2 heterocycles. The van der Waals surface area contributed by atoms with E-state index in [9.17, 15) is 4.79 Å². The maximum atomic E-state index is 12.2. The van der Waals surface area contributed by atoms with Crippen molar-refractivity contribution in [3.63, 3.8) is 0 Å². The molecule has 90 valence electrons. The van der Waals surface area contributed by atoms with E-state index >= 15 is 0 Å². The molecule has 3 rings (SSSR count). The largest absolute Gasteiger partial charge is 0.323 e. The Balaban J connectivity index is 2.41. The second-order valence-electron chi connectivity index (χ2n) is 4.85. The molecule has 3 nitrogen and oxygen atoms in total. The number of fused-ring (bicyclic) bond motifs is 3. The van der Waals surface area contributed by atoms with Crippen molar-refractivity contribution in [3.05, 3.63) is 25.6 Å². The summed E-state index contributed by atoms with van der Waals surface area (Å²) in [5, 5.41) is 0.869. The van der Waals surface area contributed by atoms with Crippen molar-refractivity contribution in [2.75, 3.05) is 0 Å². The monoisotopic (exact) mass is 266 g/mol. The summed E-state index contributed by atoms with van der Waals surface area (Å²) in [7, 11) is 1.73. The molecule has 0 unspecified atom stereocenters. The molecule has 5 heteroatoms. The van der Waals surface area contributed by atoms with Gasteiger partial charge in [-0.25, -0.2) is 0 Å². The number of aryl methyl sites for hydroxylation is 1. The molecule has 1 aliphatic carbocycles. The van der Waals surface area contributed by atoms with Crippen molar-refractivity contribution >= 4 is 33.8 Å². The molecule has 2 aromatic rings. The van der Waals surface area contributed by atoms with Crippen molar-refractivity contribution in [2.24, 2.45) is 13.0 Å². The zero-order chi connectivity index (χ0) is 12.2. The minimum absolute atomic E-state index is 0.0517. The average molecular weight is 266 g/mol. The lowest BCUT2D eigenvalue weighted by molar-refractivity contribution is 0.509. The van der Waals surface area contributed by atoms with Gasteiger partial charge < -0.3 is 4.98 Å². The zero-order valence-electron chi connectivity index (χ0n) is 9.87. The third-order valence-corrected chi connectivity index (χ3v) is 5.10. The first-order chi connectivity index (χ1) is 8.08. The van der Waals surface area contributed by atoms with Crippen LogP contribution in [0, 0.1) is 10.7 Å². The summed E-state index contributed by atoms with van der Waals surface area (Å²) in [6.45, 7) is 2.27. The van der Waals surface area contributed by atoms with Gasteiger partial charge in [-0.1, -0.05) is 6.92 Å². The fraction of sp³-hybridized carbons (Fsp3) is 0.500. The van der Waals surface area contributed by atoms with Crippen molar-refractivity contribution in [3.8, 4) is 0 Å². The van der Waals surface area contributed by atoms with Crippen molar-refractivity contribution in [1.29, 1.82) is 0 Å². The minimum atomic E-state index is 0.0517. The standard InChI is InChI=1S/C12H14N2OS2/c1-6-3-4-7-8(5-6)17-10-9(7)11(15)14(2)12(16)13-10/h6H,3-5H2,1-2H3,(H,13,16)/t6-/m1/s1. The highest BCUT2D eigenvalue weighted by atomic mass is 32.1. The highest BCUT2D eigenvalue weighted by Gasteiger charge is 2.22. The van der Waals surface area contributed by atoms with Crippen LogP contribution in [-0.2, 0) is 19.9 Å². The van der Waals surface area contributed by atoms with Gasteiger partial charge in [0.25, 0.3) is 5.56 Å². The predicted octanol–water partition coefficient (Wildman–Crippen LogP) is 2.78. The van der Waals surface area contributed by atoms with Crippen LogP contribution in [0.15, 0.2) is 4.79 Å². The Kier molecular flexibility index (Phi) is 2.48. The molecule has 1 atom stereocenters. The van der Waals surface area contributed by atoms with Crippen molar-refractivity contribution in [1.82, 2.24) is 9.55 Å². The Morgan fingerprint density at radius 2 is 2.29 bits per heavy atom. The third-order valence-electron chi connectivity index (χ3n) is 3.56. The lowest BCUT2D eigenvalue weighted by Gasteiger charge is -2.17. The molecule has 1 N–H and O–H groups in total. The van der Waals surface area contributed by atoms with Crippen LogP contribution in [0.1, 0.15) is 23.8 Å². The smallest absolute Gasteiger partial charge is 0.263 e. The van der Waals surface area contributed by atoms with Crippen LogP contribution in [0.25, 0.3) is 10.2 Å². The second-order valence-corrected chi connectivity index (χ2v) is 6.34. The molecular formula is C12H14N2OS2. The first-order valence-electron chi connectivity index (χ1n) is 5.81. The van der Waals surface area contributed by atoms with Gasteiger partial charge in [0.15, 0.2) is 4.77 Å². The lowest BCUT2D eigenvalue weighted by Crippen LogP contribution is -2.19. The fourth-order valence-electron chi connectivity index (χ4n) is 2.51. The zero-order valence-corrected chi connectivity index (χ0v) is 11.5. The molecule has 0 spiro atoms. The average Bonchev–Trinajstić information content (AvgIpc) is 2.63. The molecule has 2 aromatic heterocycles. The summed E-state index contributed by atoms with van der Waals surface area (Å²) in [6.07, 6.45) is 3.30. The number of H-pyrrole nitrogens is 1. The lowest BCUT2D eigenvalue weighted by atomic mass is 9.89. The number of aromatic nitrogens is 2. The van der Waals surface area contributed by atoms with E-state index in [0.29, 0.717) is 4.77 Å². The summed E-state index contributed by atoms with van der Waals surface area (Å²) in [6, 6.07) is 0. The molecule has 0 aromatic carbocycles. The number of rotatable bonds is 0. The van der Waals surface area contributed by atoms with E-state index in [1.165, 1.54) is 21.4 Å². The van der Waals surface area contributed by atoms with Crippen LogP contribution in [0.2, 0.25) is 0 Å². The molecule has 0 saturated carbocycles. The highest BCUT2D eigenvalue weighted by molar-refractivity contribution is 7.71. The summed E-state index contributed by atoms with van der Waals surface area (Å²) in [5.41, 5.74) is 1.31. The molecule has 0 radical (unpaired) electrons. The quantitative estimate of drug-likeness (QED) is 0.745. The van der Waals surface area contributed by atoms with E-state index < -0.39 is 0 Å². The molecule has 0 aliphatic heterocycles. The number of hydrogen-bond acceptors (Lipinski definition) is 3. The van der Waals surface area contributed by atoms with E-state index in [1.54, 1.807) is 18.4 Å². The van der Waals surface area contributed by atoms with E-state index in [0.717, 1.165) is 29.0 Å². The van der Waals surface area contributed by atoms with E-state index in [2.05, 4.69) is 11.9 Å². The van der Waals surface area contributed by atoms with Crippen LogP contribution in [0.4, 0.5) is 0 Å². The second kappa shape index (κ2) is 3.78. The van der Waals surface area contributed by atoms with Crippen molar-refractivity contribution < 1.29 is 0 Å². The van der Waals surface area contributed by atoms with Gasteiger partial charge in [0, 0.05) is 11.9 Å². The van der Waals surface area contributed by atoms with Gasteiger partial charge >= 0.3 is 0 Å². The van der Waals surface area contributed by atoms with Crippen molar-refractivity contribution in [2.45, 2.75) is 26.2 Å². The van der Waals surface area contributed by atoms with Crippen LogP contribution in [-0.4, -0.2) is 9.55 Å². The number of hydrogen-bond donors (Lipinski definition) is 1. The molecule has 0 bridgehead atoms. The van der Waals surface area contributed by atoms with E-state index in [-0.39, 0.29) is 5.56 Å². The minimum Gasteiger partial charge on any atom is -0.323 e. The van der Waals surface area contributed by atoms with Crippen LogP contribution < -0.4 is 5.56 Å². The van der Waals surface area contributed by atoms with E-state index in [1.807, 2.05) is 0 Å². The highest BCUT2D eigenvalue weighted by Crippen LogP contribution is 2.35. The Morgan fingerprint density at radius 3 is 3.06 bits per heavy atom. The summed E-state index contributed by atoms with van der Waals surface area (Å²) >= 11 is 6.85. The maximum Gasteiger partial charge on any atom is 0.263 e. The summed E-state index contributed by atoms with van der Waals surface area (Å²) in [4.78, 5) is 17.7. The first kappa shape index (κ1) is 11.2. The van der Waals surface area contributed by atoms with Crippen LogP contribution in [0.3, 0.4) is 0 Å². The molecule has 17 heavy (non-hydrogen) atoms. The van der Waals surface area contributed by atoms with E-state index in [4.69, 9.17) is 12.2 Å². The SMILES string of the molecule is C[C@@H]1CCc2c(sc3[nH]c(=S)n(C)c(=O)c23)C1. The third kappa shape index (κ3) is 1.60. The molecule has 0 saturated heterocycles. The Bertz CT molecular complexity index is 708. The summed E-state index contributed by atoms with van der Waals surface area (Å²) in [5.74, 6) is 0.724. The number of thiophene rings is 1. The predicted molar refractivity (Wildman–Crippen MR) is 73.4 cm³/mol. The molecule has 0 amide bonds. The van der Waals surface area contributed by atoms with Crippen LogP contribution in [0.5, 0.6) is 0 Å². The maximum absolute atomic E-state index is 12.2. The molecule has 0 fully saturated rings. The fourth-order valence-corrected chi connectivity index (χ4v) is 4.16. The number of aromatic amines is 1. The first-order valence-corrected chi connectivity index (χ1v) is 7.04. The number of nitrogens with zero attached hydrogens (tertiary/aromatic N) is 1. The number of nitrogens with one attached hydrogen (secondary N) is 1. The van der Waals surface area contributed by atoms with Gasteiger partial charge in [0.2, 0.25) is 0 Å². The Labute approximate surface area is 108 Å². The summed E-state index contributed by atoms with van der Waals surface area (Å²) < 4.78 is 2.04. The molecular weight excluding hydrogens is 252 g/mol. The normalized spacial score (nSPS) is 19.5. The molecule has 1 aliphatic rings. The topological polar surface area (TPSA) is 37.8 Å². The van der Waals surface area contributed by atoms with Gasteiger partial charge in [-0.05, 0) is 43.0 Å². The van der Waals surface area contributed by atoms with Gasteiger partial charge in [0.05, 0.1) is 5.39 Å².